The Morgan fingerprint density at radius 2 is 2.44 bits per heavy atom. The first-order valence-electron chi connectivity index (χ1n) is 4.86. The number of thioether (sulfide) groups is 1. The largest absolute Gasteiger partial charge is 0.333 e. The summed E-state index contributed by atoms with van der Waals surface area (Å²) in [5.74, 6) is 0.488. The fourth-order valence-electron chi connectivity index (χ4n) is 1.34. The molecule has 0 fully saturated rings. The molecule has 0 spiro atoms. The molecule has 2 rings (SSSR count). The maximum absolute atomic E-state index is 13.5. The summed E-state index contributed by atoms with van der Waals surface area (Å²) >= 11 is 1.57. The molecule has 1 unspecified atom stereocenters. The van der Waals surface area contributed by atoms with Gasteiger partial charge in [0.1, 0.15) is 5.82 Å². The van der Waals surface area contributed by atoms with Crippen LogP contribution < -0.4 is 5.32 Å². The molecule has 0 amide bonds. The highest BCUT2D eigenvalue weighted by Crippen LogP contribution is 2.22. The standard InChI is InChI=1S/C11H10FN3S/c1-7-6-16-11(14-7)15-10-3-2-8(5-13)4-9(10)12/h2-4,7H,6H2,1H3,(H,14,15). The van der Waals surface area contributed by atoms with Crippen LogP contribution in [0.15, 0.2) is 23.2 Å². The summed E-state index contributed by atoms with van der Waals surface area (Å²) in [7, 11) is 0. The Balaban J connectivity index is 2.17. The number of nitriles is 1. The smallest absolute Gasteiger partial charge is 0.161 e. The molecule has 1 aromatic rings. The third kappa shape index (κ3) is 2.34. The lowest BCUT2D eigenvalue weighted by molar-refractivity contribution is 0.632. The fraction of sp³-hybridized carbons (Fsp3) is 0.273. The van der Waals surface area contributed by atoms with Gasteiger partial charge in [-0.25, -0.2) is 4.39 Å². The number of benzene rings is 1. The summed E-state index contributed by atoms with van der Waals surface area (Å²) in [6.07, 6.45) is 0. The van der Waals surface area contributed by atoms with E-state index in [0.717, 1.165) is 10.9 Å². The molecule has 82 valence electrons. The molecule has 1 N–H and O–H groups in total. The second-order valence-corrected chi connectivity index (χ2v) is 4.53. The van der Waals surface area contributed by atoms with Crippen LogP contribution >= 0.6 is 11.8 Å². The lowest BCUT2D eigenvalue weighted by Gasteiger charge is -2.05. The SMILES string of the molecule is CC1CSC(Nc2ccc(C#N)cc2F)=N1. The minimum atomic E-state index is -0.429. The van der Waals surface area contributed by atoms with Crippen LogP contribution in [0.5, 0.6) is 0 Å². The third-order valence-corrected chi connectivity index (χ3v) is 3.27. The van der Waals surface area contributed by atoms with Gasteiger partial charge in [0.15, 0.2) is 5.17 Å². The summed E-state index contributed by atoms with van der Waals surface area (Å²) in [5, 5.41) is 12.3. The van der Waals surface area contributed by atoms with Gasteiger partial charge in [-0.1, -0.05) is 11.8 Å². The molecular weight excluding hydrogens is 225 g/mol. The van der Waals surface area contributed by atoms with E-state index in [1.807, 2.05) is 13.0 Å². The van der Waals surface area contributed by atoms with Gasteiger partial charge in [-0.15, -0.1) is 0 Å². The molecular formula is C11H10FN3S. The van der Waals surface area contributed by atoms with Crippen LogP contribution in [0.2, 0.25) is 0 Å². The van der Waals surface area contributed by atoms with Crippen molar-refractivity contribution in [1.29, 1.82) is 5.26 Å². The Morgan fingerprint density at radius 1 is 1.62 bits per heavy atom. The molecule has 0 aliphatic carbocycles. The van der Waals surface area contributed by atoms with Crippen LogP contribution in [0.1, 0.15) is 12.5 Å². The molecule has 1 heterocycles. The van der Waals surface area contributed by atoms with E-state index in [2.05, 4.69) is 10.3 Å². The molecule has 1 atom stereocenters. The van der Waals surface area contributed by atoms with Gasteiger partial charge in [0.05, 0.1) is 23.4 Å². The van der Waals surface area contributed by atoms with Crippen molar-refractivity contribution < 1.29 is 4.39 Å². The number of amidine groups is 1. The molecule has 1 aliphatic heterocycles. The maximum Gasteiger partial charge on any atom is 0.161 e. The topological polar surface area (TPSA) is 48.2 Å². The molecule has 0 saturated heterocycles. The quantitative estimate of drug-likeness (QED) is 0.814. The average Bonchev–Trinajstić information content (AvgIpc) is 2.67. The normalized spacial score (nSPS) is 19.1. The summed E-state index contributed by atoms with van der Waals surface area (Å²) in [4.78, 5) is 4.30. The minimum Gasteiger partial charge on any atom is -0.333 e. The molecule has 3 nitrogen and oxygen atoms in total. The van der Waals surface area contributed by atoms with Crippen molar-refractivity contribution in [2.75, 3.05) is 11.1 Å². The van der Waals surface area contributed by atoms with E-state index in [9.17, 15) is 4.39 Å². The van der Waals surface area contributed by atoms with Crippen molar-refractivity contribution >= 4 is 22.6 Å². The molecule has 1 aliphatic rings. The summed E-state index contributed by atoms with van der Waals surface area (Å²) in [6.45, 7) is 2.01. The highest BCUT2D eigenvalue weighted by atomic mass is 32.2. The van der Waals surface area contributed by atoms with Gasteiger partial charge in [0.2, 0.25) is 0 Å². The van der Waals surface area contributed by atoms with Crippen LogP contribution in [0, 0.1) is 17.1 Å². The number of halogens is 1. The number of aliphatic imine (C=N–C) groups is 1. The molecule has 0 aromatic heterocycles. The van der Waals surface area contributed by atoms with Crippen LogP contribution in [-0.4, -0.2) is 17.0 Å². The average molecular weight is 235 g/mol. The van der Waals surface area contributed by atoms with Crippen LogP contribution in [-0.2, 0) is 0 Å². The van der Waals surface area contributed by atoms with Gasteiger partial charge < -0.3 is 5.32 Å². The molecule has 16 heavy (non-hydrogen) atoms. The van der Waals surface area contributed by atoms with Crippen LogP contribution in [0.25, 0.3) is 0 Å². The Hall–Kier alpha value is -1.54. The van der Waals surface area contributed by atoms with E-state index in [0.29, 0.717) is 11.3 Å². The third-order valence-electron chi connectivity index (χ3n) is 2.14. The van der Waals surface area contributed by atoms with E-state index in [1.165, 1.54) is 6.07 Å². The van der Waals surface area contributed by atoms with E-state index < -0.39 is 5.82 Å². The maximum atomic E-state index is 13.5. The van der Waals surface area contributed by atoms with Crippen molar-refractivity contribution in [1.82, 2.24) is 0 Å². The number of nitrogens with one attached hydrogen (secondary N) is 1. The van der Waals surface area contributed by atoms with E-state index in [4.69, 9.17) is 5.26 Å². The fourth-order valence-corrected chi connectivity index (χ4v) is 2.25. The summed E-state index contributed by atoms with van der Waals surface area (Å²) in [6, 6.07) is 6.51. The number of nitrogens with zero attached hydrogens (tertiary/aromatic N) is 2. The van der Waals surface area contributed by atoms with Crippen molar-refractivity contribution in [3.05, 3.63) is 29.6 Å². The Kier molecular flexibility index (Phi) is 3.11. The number of hydrogen-bond donors (Lipinski definition) is 1. The van der Waals surface area contributed by atoms with Crippen LogP contribution in [0.3, 0.4) is 0 Å². The predicted octanol–water partition coefficient (Wildman–Crippen LogP) is 2.60. The highest BCUT2D eigenvalue weighted by Gasteiger charge is 2.15. The van der Waals surface area contributed by atoms with E-state index in [-0.39, 0.29) is 6.04 Å². The second-order valence-electron chi connectivity index (χ2n) is 3.53. The van der Waals surface area contributed by atoms with Gasteiger partial charge in [-0.05, 0) is 25.1 Å². The van der Waals surface area contributed by atoms with Crippen molar-refractivity contribution in [3.63, 3.8) is 0 Å². The predicted molar refractivity (Wildman–Crippen MR) is 64.1 cm³/mol. The lowest BCUT2D eigenvalue weighted by Crippen LogP contribution is -2.06. The summed E-state index contributed by atoms with van der Waals surface area (Å²) < 4.78 is 13.5. The molecule has 1 aromatic carbocycles. The van der Waals surface area contributed by atoms with Crippen molar-refractivity contribution in [3.8, 4) is 6.07 Å². The molecule has 0 bridgehead atoms. The van der Waals surface area contributed by atoms with Crippen molar-refractivity contribution in [2.24, 2.45) is 4.99 Å². The van der Waals surface area contributed by atoms with Crippen molar-refractivity contribution in [2.45, 2.75) is 13.0 Å². The lowest BCUT2D eigenvalue weighted by atomic mass is 10.2. The Labute approximate surface area is 97.4 Å². The number of hydrogen-bond acceptors (Lipinski definition) is 4. The zero-order valence-corrected chi connectivity index (χ0v) is 9.51. The van der Waals surface area contributed by atoms with Gasteiger partial charge in [0, 0.05) is 5.75 Å². The second kappa shape index (κ2) is 4.54. The molecule has 5 heteroatoms. The number of rotatable bonds is 1. The minimum absolute atomic E-state index is 0.272. The first kappa shape index (κ1) is 11.0. The van der Waals surface area contributed by atoms with Gasteiger partial charge in [0.25, 0.3) is 0 Å². The molecule has 0 saturated carbocycles. The number of anilines is 1. The summed E-state index contributed by atoms with van der Waals surface area (Å²) in [5.41, 5.74) is 0.678. The monoisotopic (exact) mass is 235 g/mol. The van der Waals surface area contributed by atoms with Crippen LogP contribution in [0.4, 0.5) is 10.1 Å². The first-order valence-corrected chi connectivity index (χ1v) is 5.85. The Bertz CT molecular complexity index is 479. The Morgan fingerprint density at radius 3 is 3.00 bits per heavy atom. The zero-order chi connectivity index (χ0) is 11.5. The first-order chi connectivity index (χ1) is 7.69. The van der Waals surface area contributed by atoms with E-state index in [1.54, 1.807) is 23.9 Å². The van der Waals surface area contributed by atoms with Gasteiger partial charge in [-0.3, -0.25) is 4.99 Å². The highest BCUT2D eigenvalue weighted by molar-refractivity contribution is 8.14. The van der Waals surface area contributed by atoms with Gasteiger partial charge in [-0.2, -0.15) is 5.26 Å². The van der Waals surface area contributed by atoms with Gasteiger partial charge >= 0.3 is 0 Å². The molecule has 0 radical (unpaired) electrons. The van der Waals surface area contributed by atoms with E-state index >= 15 is 0 Å². The zero-order valence-electron chi connectivity index (χ0n) is 8.70.